The second kappa shape index (κ2) is 10.3. The SMILES string of the molecule is CCNC(=NCCCOCC1CC1)NC1CC1c1ccccc1F.I. The molecule has 0 amide bonds. The summed E-state index contributed by atoms with van der Waals surface area (Å²) in [4.78, 5) is 4.60. The molecule has 6 heteroatoms. The summed E-state index contributed by atoms with van der Waals surface area (Å²) in [6, 6.07) is 7.31. The fourth-order valence-electron chi connectivity index (χ4n) is 2.86. The van der Waals surface area contributed by atoms with Crippen LogP contribution in [0.2, 0.25) is 0 Å². The van der Waals surface area contributed by atoms with Gasteiger partial charge in [0.25, 0.3) is 0 Å². The second-order valence-electron chi connectivity index (χ2n) is 6.75. The highest BCUT2D eigenvalue weighted by atomic mass is 127. The molecule has 2 N–H and O–H groups in total. The molecular formula is C19H29FIN3O. The molecule has 25 heavy (non-hydrogen) atoms. The summed E-state index contributed by atoms with van der Waals surface area (Å²) in [7, 11) is 0. The molecule has 0 bridgehead atoms. The third-order valence-corrected chi connectivity index (χ3v) is 4.53. The number of aliphatic imine (C=N–C) groups is 1. The molecule has 0 aromatic heterocycles. The van der Waals surface area contributed by atoms with Gasteiger partial charge in [-0.25, -0.2) is 4.39 Å². The van der Waals surface area contributed by atoms with Crippen LogP contribution in [0.5, 0.6) is 0 Å². The van der Waals surface area contributed by atoms with Crippen LogP contribution in [0.25, 0.3) is 0 Å². The van der Waals surface area contributed by atoms with Crippen molar-refractivity contribution in [3.63, 3.8) is 0 Å². The van der Waals surface area contributed by atoms with E-state index in [1.165, 1.54) is 18.9 Å². The molecule has 140 valence electrons. The maximum absolute atomic E-state index is 13.8. The molecule has 3 rings (SSSR count). The fraction of sp³-hybridized carbons (Fsp3) is 0.632. The van der Waals surface area contributed by atoms with E-state index in [9.17, 15) is 4.39 Å². The summed E-state index contributed by atoms with van der Waals surface area (Å²) in [5.74, 6) is 1.78. The summed E-state index contributed by atoms with van der Waals surface area (Å²) >= 11 is 0. The van der Waals surface area contributed by atoms with E-state index >= 15 is 0 Å². The summed E-state index contributed by atoms with van der Waals surface area (Å²) in [5.41, 5.74) is 0.805. The first-order valence-electron chi connectivity index (χ1n) is 9.15. The van der Waals surface area contributed by atoms with Crippen molar-refractivity contribution in [2.24, 2.45) is 10.9 Å². The molecule has 1 aromatic rings. The van der Waals surface area contributed by atoms with Crippen LogP contribution in [-0.4, -0.2) is 38.3 Å². The molecular weight excluding hydrogens is 432 g/mol. The molecule has 0 spiro atoms. The Hall–Kier alpha value is -0.890. The molecule has 2 unspecified atom stereocenters. The minimum Gasteiger partial charge on any atom is -0.381 e. The molecule has 0 radical (unpaired) electrons. The van der Waals surface area contributed by atoms with Crippen molar-refractivity contribution in [2.75, 3.05) is 26.3 Å². The van der Waals surface area contributed by atoms with Crippen molar-refractivity contribution < 1.29 is 9.13 Å². The molecule has 2 atom stereocenters. The average molecular weight is 461 g/mol. The topological polar surface area (TPSA) is 45.7 Å². The van der Waals surface area contributed by atoms with Gasteiger partial charge in [0.2, 0.25) is 0 Å². The van der Waals surface area contributed by atoms with Gasteiger partial charge in [0, 0.05) is 38.3 Å². The van der Waals surface area contributed by atoms with Gasteiger partial charge in [0.1, 0.15) is 5.82 Å². The zero-order valence-corrected chi connectivity index (χ0v) is 17.2. The van der Waals surface area contributed by atoms with Gasteiger partial charge in [0.15, 0.2) is 5.96 Å². The quantitative estimate of drug-likeness (QED) is 0.255. The Kier molecular flexibility index (Phi) is 8.42. The molecule has 2 saturated carbocycles. The molecule has 0 saturated heterocycles. The Morgan fingerprint density at radius 1 is 1.32 bits per heavy atom. The van der Waals surface area contributed by atoms with E-state index < -0.39 is 0 Å². The van der Waals surface area contributed by atoms with Crippen molar-refractivity contribution >= 4 is 29.9 Å². The van der Waals surface area contributed by atoms with Crippen molar-refractivity contribution in [2.45, 2.75) is 44.6 Å². The van der Waals surface area contributed by atoms with Gasteiger partial charge in [-0.15, -0.1) is 24.0 Å². The fourth-order valence-corrected chi connectivity index (χ4v) is 2.86. The van der Waals surface area contributed by atoms with Crippen LogP contribution >= 0.6 is 24.0 Å². The predicted molar refractivity (Wildman–Crippen MR) is 110 cm³/mol. The maximum atomic E-state index is 13.8. The van der Waals surface area contributed by atoms with Crippen LogP contribution in [-0.2, 0) is 4.74 Å². The van der Waals surface area contributed by atoms with E-state index in [2.05, 4.69) is 22.5 Å². The van der Waals surface area contributed by atoms with Gasteiger partial charge in [-0.3, -0.25) is 4.99 Å². The first-order chi connectivity index (χ1) is 11.8. The zero-order chi connectivity index (χ0) is 16.8. The Balaban J connectivity index is 0.00000225. The van der Waals surface area contributed by atoms with E-state index in [0.29, 0.717) is 0 Å². The Morgan fingerprint density at radius 2 is 2.12 bits per heavy atom. The summed E-state index contributed by atoms with van der Waals surface area (Å²) in [6.45, 7) is 5.31. The highest BCUT2D eigenvalue weighted by Gasteiger charge is 2.40. The molecule has 0 heterocycles. The standard InChI is InChI=1S/C19H28FN3O.HI/c1-2-21-19(22-10-5-11-24-13-14-8-9-14)23-18-12-16(18)15-6-3-4-7-17(15)20;/h3-4,6-7,14,16,18H,2,5,8-13H2,1H3,(H2,21,22,23);1H. The lowest BCUT2D eigenvalue weighted by molar-refractivity contribution is 0.123. The predicted octanol–water partition coefficient (Wildman–Crippen LogP) is 3.67. The van der Waals surface area contributed by atoms with Crippen LogP contribution in [0.3, 0.4) is 0 Å². The van der Waals surface area contributed by atoms with E-state index in [1.807, 2.05) is 12.1 Å². The molecule has 1 aromatic carbocycles. The Morgan fingerprint density at radius 3 is 2.84 bits per heavy atom. The van der Waals surface area contributed by atoms with Gasteiger partial charge in [-0.1, -0.05) is 18.2 Å². The van der Waals surface area contributed by atoms with Gasteiger partial charge in [0.05, 0.1) is 0 Å². The van der Waals surface area contributed by atoms with Crippen LogP contribution in [0.4, 0.5) is 4.39 Å². The highest BCUT2D eigenvalue weighted by Crippen LogP contribution is 2.41. The monoisotopic (exact) mass is 461 g/mol. The Labute approximate surface area is 167 Å². The van der Waals surface area contributed by atoms with Gasteiger partial charge < -0.3 is 15.4 Å². The normalized spacial score (nSPS) is 22.2. The zero-order valence-electron chi connectivity index (χ0n) is 14.8. The van der Waals surface area contributed by atoms with Crippen molar-refractivity contribution in [3.05, 3.63) is 35.6 Å². The lowest BCUT2D eigenvalue weighted by atomic mass is 10.1. The first-order valence-corrected chi connectivity index (χ1v) is 9.15. The summed E-state index contributed by atoms with van der Waals surface area (Å²) < 4.78 is 19.5. The molecule has 2 fully saturated rings. The number of hydrogen-bond donors (Lipinski definition) is 2. The lowest BCUT2D eigenvalue weighted by Gasteiger charge is -2.11. The number of ether oxygens (including phenoxy) is 1. The first kappa shape index (κ1) is 20.4. The molecule has 0 aliphatic heterocycles. The Bertz CT molecular complexity index is 565. The number of guanidine groups is 1. The van der Waals surface area contributed by atoms with Crippen LogP contribution in [0.1, 0.15) is 44.1 Å². The van der Waals surface area contributed by atoms with E-state index in [0.717, 1.165) is 56.6 Å². The number of nitrogens with one attached hydrogen (secondary N) is 2. The van der Waals surface area contributed by atoms with Crippen molar-refractivity contribution in [3.8, 4) is 0 Å². The minimum atomic E-state index is -0.110. The van der Waals surface area contributed by atoms with Crippen LogP contribution < -0.4 is 10.6 Å². The van der Waals surface area contributed by atoms with Crippen molar-refractivity contribution in [1.82, 2.24) is 10.6 Å². The minimum absolute atomic E-state index is 0. The summed E-state index contributed by atoms with van der Waals surface area (Å²) in [5, 5.41) is 6.68. The van der Waals surface area contributed by atoms with E-state index in [-0.39, 0.29) is 41.8 Å². The maximum Gasteiger partial charge on any atom is 0.191 e. The number of benzene rings is 1. The third kappa shape index (κ3) is 6.73. The van der Waals surface area contributed by atoms with Gasteiger partial charge in [-0.05, 0) is 50.2 Å². The van der Waals surface area contributed by atoms with Crippen molar-refractivity contribution in [1.29, 1.82) is 0 Å². The van der Waals surface area contributed by atoms with E-state index in [4.69, 9.17) is 4.74 Å². The van der Waals surface area contributed by atoms with Crippen LogP contribution in [0, 0.1) is 11.7 Å². The highest BCUT2D eigenvalue weighted by molar-refractivity contribution is 14.0. The number of nitrogens with zero attached hydrogens (tertiary/aromatic N) is 1. The third-order valence-electron chi connectivity index (χ3n) is 4.53. The number of rotatable bonds is 9. The second-order valence-corrected chi connectivity index (χ2v) is 6.75. The summed E-state index contributed by atoms with van der Waals surface area (Å²) in [6.07, 6.45) is 4.55. The average Bonchev–Trinajstić information content (AvgIpc) is 3.48. The number of hydrogen-bond acceptors (Lipinski definition) is 2. The largest absolute Gasteiger partial charge is 0.381 e. The van der Waals surface area contributed by atoms with Gasteiger partial charge >= 0.3 is 0 Å². The molecule has 2 aliphatic rings. The molecule has 4 nitrogen and oxygen atoms in total. The lowest BCUT2D eigenvalue weighted by Crippen LogP contribution is -2.39. The van der Waals surface area contributed by atoms with Crippen LogP contribution in [0.15, 0.2) is 29.3 Å². The van der Waals surface area contributed by atoms with E-state index in [1.54, 1.807) is 6.07 Å². The van der Waals surface area contributed by atoms with Gasteiger partial charge in [-0.2, -0.15) is 0 Å². The smallest absolute Gasteiger partial charge is 0.191 e. The molecule has 2 aliphatic carbocycles. The number of halogens is 2.